The Morgan fingerprint density at radius 3 is 2.36 bits per heavy atom. The van der Waals surface area contributed by atoms with Crippen molar-refractivity contribution in [2.45, 2.75) is 6.61 Å². The SMILES string of the molecule is COCOCc1cc2c(cc1-c1cc3cc4c(cc3c(=O)[nH]1)OCO4)OCO2. The second-order valence-corrected chi connectivity index (χ2v) is 6.42. The van der Waals surface area contributed by atoms with Crippen LogP contribution in [0.15, 0.2) is 35.1 Å². The van der Waals surface area contributed by atoms with Crippen molar-refractivity contribution >= 4 is 10.8 Å². The molecule has 0 aliphatic carbocycles. The Labute approximate surface area is 159 Å². The topological polar surface area (TPSA) is 88.2 Å². The summed E-state index contributed by atoms with van der Waals surface area (Å²) < 4.78 is 32.3. The van der Waals surface area contributed by atoms with Crippen molar-refractivity contribution in [1.82, 2.24) is 4.98 Å². The van der Waals surface area contributed by atoms with Gasteiger partial charge in [0.1, 0.15) is 6.79 Å². The van der Waals surface area contributed by atoms with Crippen molar-refractivity contribution in [2.24, 2.45) is 0 Å². The standard InChI is InChI=1S/C20H17NO7/c1-23-8-24-7-12-4-17-18(27-10-26-17)5-13(12)15-2-11-3-16-19(28-9-25-16)6-14(11)20(22)21-15/h2-6H,7-10H2,1H3,(H,21,22). The molecule has 2 aromatic carbocycles. The highest BCUT2D eigenvalue weighted by molar-refractivity contribution is 5.89. The molecule has 0 atom stereocenters. The van der Waals surface area contributed by atoms with Crippen LogP contribution in [0.5, 0.6) is 23.0 Å². The van der Waals surface area contributed by atoms with Gasteiger partial charge in [0, 0.05) is 18.4 Å². The molecule has 0 saturated carbocycles. The van der Waals surface area contributed by atoms with Crippen molar-refractivity contribution in [1.29, 1.82) is 0 Å². The summed E-state index contributed by atoms with van der Waals surface area (Å²) >= 11 is 0. The molecule has 2 aliphatic heterocycles. The molecule has 0 unspecified atom stereocenters. The summed E-state index contributed by atoms with van der Waals surface area (Å²) in [6.07, 6.45) is 0. The van der Waals surface area contributed by atoms with Gasteiger partial charge < -0.3 is 33.4 Å². The largest absolute Gasteiger partial charge is 0.454 e. The minimum Gasteiger partial charge on any atom is -0.454 e. The second-order valence-electron chi connectivity index (χ2n) is 6.42. The van der Waals surface area contributed by atoms with E-state index in [9.17, 15) is 4.79 Å². The zero-order chi connectivity index (χ0) is 19.1. The van der Waals surface area contributed by atoms with Crippen LogP contribution in [0.3, 0.4) is 0 Å². The van der Waals surface area contributed by atoms with E-state index in [1.54, 1.807) is 13.2 Å². The van der Waals surface area contributed by atoms with Crippen molar-refractivity contribution in [2.75, 3.05) is 27.5 Å². The number of H-pyrrole nitrogens is 1. The third kappa shape index (κ3) is 2.83. The fourth-order valence-corrected chi connectivity index (χ4v) is 3.39. The first-order chi connectivity index (χ1) is 13.7. The van der Waals surface area contributed by atoms with Crippen LogP contribution < -0.4 is 24.5 Å². The number of aromatic nitrogens is 1. The van der Waals surface area contributed by atoms with Gasteiger partial charge in [-0.2, -0.15) is 0 Å². The van der Waals surface area contributed by atoms with Crippen LogP contribution in [0.4, 0.5) is 0 Å². The van der Waals surface area contributed by atoms with Gasteiger partial charge in [-0.25, -0.2) is 0 Å². The van der Waals surface area contributed by atoms with E-state index < -0.39 is 0 Å². The summed E-state index contributed by atoms with van der Waals surface area (Å²) in [5, 5.41) is 1.29. The van der Waals surface area contributed by atoms with Crippen LogP contribution in [0.25, 0.3) is 22.0 Å². The molecule has 1 aromatic heterocycles. The molecule has 0 saturated heterocycles. The molecule has 2 aliphatic rings. The molecule has 3 heterocycles. The Hall–Kier alpha value is -3.23. The van der Waals surface area contributed by atoms with Crippen LogP contribution in [-0.4, -0.2) is 32.5 Å². The van der Waals surface area contributed by atoms with Gasteiger partial charge >= 0.3 is 0 Å². The molecule has 0 spiro atoms. The predicted molar refractivity (Wildman–Crippen MR) is 98.9 cm³/mol. The lowest BCUT2D eigenvalue weighted by atomic mass is 10.0. The zero-order valence-electron chi connectivity index (χ0n) is 15.1. The van der Waals surface area contributed by atoms with E-state index in [2.05, 4.69) is 4.98 Å². The molecular weight excluding hydrogens is 366 g/mol. The molecular formula is C20H17NO7. The average Bonchev–Trinajstić information content (AvgIpc) is 3.34. The van der Waals surface area contributed by atoms with Gasteiger partial charge in [-0.05, 0) is 41.3 Å². The Kier molecular flexibility index (Phi) is 4.07. The molecule has 0 radical (unpaired) electrons. The van der Waals surface area contributed by atoms with Crippen molar-refractivity contribution < 1.29 is 28.4 Å². The van der Waals surface area contributed by atoms with E-state index in [0.717, 1.165) is 16.5 Å². The number of nitrogens with one attached hydrogen (secondary N) is 1. The highest BCUT2D eigenvalue weighted by Crippen LogP contribution is 2.40. The monoisotopic (exact) mass is 383 g/mol. The highest BCUT2D eigenvalue weighted by atomic mass is 16.7. The number of methoxy groups -OCH3 is 1. The molecule has 3 aromatic rings. The molecule has 1 N–H and O–H groups in total. The fourth-order valence-electron chi connectivity index (χ4n) is 3.39. The number of aromatic amines is 1. The van der Waals surface area contributed by atoms with Gasteiger partial charge in [-0.3, -0.25) is 4.79 Å². The molecule has 8 nitrogen and oxygen atoms in total. The van der Waals surface area contributed by atoms with Crippen LogP contribution in [0.1, 0.15) is 5.56 Å². The van der Waals surface area contributed by atoms with Crippen LogP contribution >= 0.6 is 0 Å². The Bertz CT molecular complexity index is 1120. The maximum absolute atomic E-state index is 12.7. The first-order valence-electron chi connectivity index (χ1n) is 8.69. The van der Waals surface area contributed by atoms with E-state index in [4.69, 9.17) is 28.4 Å². The van der Waals surface area contributed by atoms with E-state index >= 15 is 0 Å². The van der Waals surface area contributed by atoms with Crippen molar-refractivity contribution in [3.63, 3.8) is 0 Å². The molecule has 5 rings (SSSR count). The fraction of sp³-hybridized carbons (Fsp3) is 0.250. The smallest absolute Gasteiger partial charge is 0.256 e. The number of pyridine rings is 1. The number of rotatable bonds is 5. The normalized spacial score (nSPS) is 14.0. The summed E-state index contributed by atoms with van der Waals surface area (Å²) in [6.45, 7) is 0.765. The van der Waals surface area contributed by atoms with Gasteiger partial charge in [0.15, 0.2) is 23.0 Å². The number of hydrogen-bond donors (Lipinski definition) is 1. The van der Waals surface area contributed by atoms with Gasteiger partial charge in [0.25, 0.3) is 5.56 Å². The van der Waals surface area contributed by atoms with Gasteiger partial charge in [0.05, 0.1) is 12.0 Å². The molecule has 144 valence electrons. The second kappa shape index (κ2) is 6.74. The van der Waals surface area contributed by atoms with Crippen molar-refractivity contribution in [3.8, 4) is 34.3 Å². The summed E-state index contributed by atoms with van der Waals surface area (Å²) in [7, 11) is 1.56. The summed E-state index contributed by atoms with van der Waals surface area (Å²) in [5.74, 6) is 2.46. The van der Waals surface area contributed by atoms with Gasteiger partial charge in [-0.15, -0.1) is 0 Å². The first kappa shape index (κ1) is 16.9. The van der Waals surface area contributed by atoms with Gasteiger partial charge in [0.2, 0.25) is 13.6 Å². The quantitative estimate of drug-likeness (QED) is 0.535. The van der Waals surface area contributed by atoms with E-state index in [0.29, 0.717) is 40.7 Å². The third-order valence-electron chi connectivity index (χ3n) is 4.68. The molecule has 0 fully saturated rings. The van der Waals surface area contributed by atoms with Crippen LogP contribution in [0, 0.1) is 0 Å². The third-order valence-corrected chi connectivity index (χ3v) is 4.68. The summed E-state index contributed by atoms with van der Waals surface area (Å²) in [4.78, 5) is 15.7. The lowest BCUT2D eigenvalue weighted by molar-refractivity contribution is -0.0389. The van der Waals surface area contributed by atoms with E-state index in [1.165, 1.54) is 0 Å². The van der Waals surface area contributed by atoms with Crippen molar-refractivity contribution in [3.05, 3.63) is 46.2 Å². The lowest BCUT2D eigenvalue weighted by Gasteiger charge is -2.12. The summed E-state index contributed by atoms with van der Waals surface area (Å²) in [5.41, 5.74) is 2.06. The maximum atomic E-state index is 12.7. The summed E-state index contributed by atoms with van der Waals surface area (Å²) in [6, 6.07) is 9.11. The zero-order valence-corrected chi connectivity index (χ0v) is 15.1. The Morgan fingerprint density at radius 2 is 1.61 bits per heavy atom. The predicted octanol–water partition coefficient (Wildman–Crippen LogP) is 2.77. The van der Waals surface area contributed by atoms with Crippen LogP contribution in [0.2, 0.25) is 0 Å². The number of benzene rings is 2. The molecule has 8 heteroatoms. The van der Waals surface area contributed by atoms with E-state index in [1.807, 2.05) is 24.3 Å². The Morgan fingerprint density at radius 1 is 0.929 bits per heavy atom. The molecule has 0 bridgehead atoms. The number of hydrogen-bond acceptors (Lipinski definition) is 7. The molecule has 0 amide bonds. The van der Waals surface area contributed by atoms with E-state index in [-0.39, 0.29) is 25.9 Å². The minimum atomic E-state index is -0.216. The van der Waals surface area contributed by atoms with Gasteiger partial charge in [-0.1, -0.05) is 0 Å². The Balaban J connectivity index is 1.64. The maximum Gasteiger partial charge on any atom is 0.256 e. The average molecular weight is 383 g/mol. The lowest BCUT2D eigenvalue weighted by Crippen LogP contribution is -2.08. The first-order valence-corrected chi connectivity index (χ1v) is 8.69. The number of ether oxygens (including phenoxy) is 6. The highest BCUT2D eigenvalue weighted by Gasteiger charge is 2.20. The van der Waals surface area contributed by atoms with Crippen LogP contribution in [-0.2, 0) is 16.1 Å². The minimum absolute atomic E-state index is 0.152. The molecule has 28 heavy (non-hydrogen) atoms. The number of fused-ring (bicyclic) bond motifs is 3.